The molecule has 4 aromatic rings. The average Bonchev–Trinajstić information content (AvgIpc) is 3.70. The number of likely N-dealkylation sites (tertiary alicyclic amines) is 1. The van der Waals surface area contributed by atoms with Crippen LogP contribution in [0.1, 0.15) is 53.7 Å². The number of aryl methyl sites for hydroxylation is 1. The molecule has 240 valence electrons. The molecule has 2 aromatic carbocycles. The van der Waals surface area contributed by atoms with Crippen LogP contribution in [0.5, 0.6) is 5.75 Å². The Hall–Kier alpha value is -3.99. The molecule has 0 spiro atoms. The number of rotatable bonds is 7. The van der Waals surface area contributed by atoms with Gasteiger partial charge in [0.1, 0.15) is 5.75 Å². The van der Waals surface area contributed by atoms with E-state index < -0.39 is 0 Å². The topological polar surface area (TPSA) is 97.6 Å². The Kier molecular flexibility index (Phi) is 8.44. The first kappa shape index (κ1) is 30.7. The molecule has 0 bridgehead atoms. The van der Waals surface area contributed by atoms with Crippen LogP contribution in [0.15, 0.2) is 48.7 Å². The van der Waals surface area contributed by atoms with Crippen LogP contribution in [0.3, 0.4) is 0 Å². The third-order valence-corrected chi connectivity index (χ3v) is 10.1. The summed E-state index contributed by atoms with van der Waals surface area (Å²) in [5.41, 5.74) is 6.98. The number of anilines is 2. The van der Waals surface area contributed by atoms with Gasteiger partial charge in [0.2, 0.25) is 5.95 Å². The van der Waals surface area contributed by atoms with Crippen molar-refractivity contribution in [2.75, 3.05) is 45.8 Å². The first-order valence-electron chi connectivity index (χ1n) is 16.0. The van der Waals surface area contributed by atoms with Crippen molar-refractivity contribution in [3.63, 3.8) is 0 Å². The summed E-state index contributed by atoms with van der Waals surface area (Å²) < 4.78 is 13.2. The number of halogens is 1. The molecule has 3 aliphatic rings. The first-order chi connectivity index (χ1) is 22.3. The summed E-state index contributed by atoms with van der Waals surface area (Å²) in [4.78, 5) is 27.7. The summed E-state index contributed by atoms with van der Waals surface area (Å²) in [5, 5.41) is 8.88. The maximum Gasteiger partial charge on any atom is 0.254 e. The summed E-state index contributed by atoms with van der Waals surface area (Å²) in [6.45, 7) is 5.73. The summed E-state index contributed by atoms with van der Waals surface area (Å²) in [6, 6.07) is 14.0. The molecule has 1 aliphatic carbocycles. The van der Waals surface area contributed by atoms with Crippen molar-refractivity contribution in [1.29, 1.82) is 0 Å². The number of carbonyl (C=O) groups is 1. The zero-order valence-corrected chi connectivity index (χ0v) is 27.5. The highest BCUT2D eigenvalue weighted by Gasteiger charge is 2.34. The molecule has 2 saturated heterocycles. The maximum absolute atomic E-state index is 13.6. The fourth-order valence-electron chi connectivity index (χ4n) is 7.23. The lowest BCUT2D eigenvalue weighted by Crippen LogP contribution is -2.42. The minimum Gasteiger partial charge on any atom is -0.495 e. The number of ether oxygens (including phenoxy) is 2. The Morgan fingerprint density at radius 2 is 1.96 bits per heavy atom. The summed E-state index contributed by atoms with van der Waals surface area (Å²) in [7, 11) is 5.46. The monoisotopic (exact) mass is 641 g/mol. The Balaban J connectivity index is 1.13. The third-order valence-electron chi connectivity index (χ3n) is 9.80. The molecule has 2 aromatic heterocycles. The summed E-state index contributed by atoms with van der Waals surface area (Å²) in [6.07, 6.45) is 5.79. The molecule has 11 heteroatoms. The van der Waals surface area contributed by atoms with Crippen LogP contribution in [-0.2, 0) is 18.2 Å². The number of fused-ring (bicyclic) bond motifs is 3. The largest absolute Gasteiger partial charge is 0.495 e. The lowest BCUT2D eigenvalue weighted by Gasteiger charge is -2.32. The lowest BCUT2D eigenvalue weighted by molar-refractivity contribution is 0.0393. The number of aromatic nitrogens is 4. The van der Waals surface area contributed by atoms with E-state index in [1.807, 2.05) is 66.3 Å². The van der Waals surface area contributed by atoms with E-state index in [-0.39, 0.29) is 17.9 Å². The number of likely N-dealkylation sites (N-methyl/N-ethyl adjacent to an activating group) is 1. The number of hydrogen-bond acceptors (Lipinski definition) is 8. The highest BCUT2D eigenvalue weighted by Crippen LogP contribution is 2.45. The van der Waals surface area contributed by atoms with E-state index in [0.29, 0.717) is 34.0 Å². The second kappa shape index (κ2) is 12.7. The predicted octanol–water partition coefficient (Wildman–Crippen LogP) is 5.93. The van der Waals surface area contributed by atoms with Crippen molar-refractivity contribution in [2.45, 2.75) is 50.6 Å². The zero-order chi connectivity index (χ0) is 31.9. The molecular weight excluding hydrogens is 602 g/mol. The maximum atomic E-state index is 13.6. The molecule has 2 atom stereocenters. The van der Waals surface area contributed by atoms with Crippen molar-refractivity contribution < 1.29 is 14.3 Å². The number of nitrogens with one attached hydrogen (secondary N) is 1. The molecule has 2 fully saturated rings. The van der Waals surface area contributed by atoms with Crippen LogP contribution in [0.25, 0.3) is 22.5 Å². The van der Waals surface area contributed by atoms with E-state index >= 15 is 0 Å². The second-order valence-corrected chi connectivity index (χ2v) is 13.0. The van der Waals surface area contributed by atoms with Gasteiger partial charge in [0.05, 0.1) is 29.9 Å². The van der Waals surface area contributed by atoms with Gasteiger partial charge in [-0.25, -0.2) is 9.97 Å². The van der Waals surface area contributed by atoms with Crippen molar-refractivity contribution in [3.05, 3.63) is 70.5 Å². The van der Waals surface area contributed by atoms with E-state index in [2.05, 4.69) is 22.1 Å². The predicted molar refractivity (Wildman–Crippen MR) is 179 cm³/mol. The number of nitrogens with zero attached hydrogens (tertiary/aromatic N) is 6. The number of hydrogen-bond donors (Lipinski definition) is 1. The molecule has 2 aliphatic heterocycles. The van der Waals surface area contributed by atoms with Crippen LogP contribution >= 0.6 is 11.6 Å². The highest BCUT2D eigenvalue weighted by molar-refractivity contribution is 6.33. The second-order valence-electron chi connectivity index (χ2n) is 12.6. The fraction of sp³-hybridized carbons (Fsp3) is 0.429. The van der Waals surface area contributed by atoms with E-state index in [1.165, 1.54) is 0 Å². The van der Waals surface area contributed by atoms with Gasteiger partial charge >= 0.3 is 0 Å². The minimum atomic E-state index is -0.0149. The van der Waals surface area contributed by atoms with Crippen LogP contribution in [0.4, 0.5) is 11.6 Å². The van der Waals surface area contributed by atoms with Crippen LogP contribution in [0.2, 0.25) is 5.02 Å². The Bertz CT molecular complexity index is 1770. The summed E-state index contributed by atoms with van der Waals surface area (Å²) in [5.74, 6) is 1.18. The van der Waals surface area contributed by atoms with E-state index in [0.717, 1.165) is 85.8 Å². The van der Waals surface area contributed by atoms with Crippen molar-refractivity contribution in [2.24, 2.45) is 7.05 Å². The quantitative estimate of drug-likeness (QED) is 0.265. The van der Waals surface area contributed by atoms with Crippen molar-refractivity contribution in [1.82, 2.24) is 29.5 Å². The molecule has 7 rings (SSSR count). The van der Waals surface area contributed by atoms with E-state index in [1.54, 1.807) is 13.2 Å². The first-order valence-corrected chi connectivity index (χ1v) is 16.4. The van der Waals surface area contributed by atoms with E-state index in [4.69, 9.17) is 31.2 Å². The van der Waals surface area contributed by atoms with Gasteiger partial charge in [0.15, 0.2) is 0 Å². The number of amides is 1. The fourth-order valence-corrected chi connectivity index (χ4v) is 7.45. The van der Waals surface area contributed by atoms with Gasteiger partial charge in [-0.2, -0.15) is 5.10 Å². The smallest absolute Gasteiger partial charge is 0.254 e. The normalized spacial score (nSPS) is 19.8. The van der Waals surface area contributed by atoms with Gasteiger partial charge in [0.25, 0.3) is 5.91 Å². The molecule has 1 N–H and O–H groups in total. The highest BCUT2D eigenvalue weighted by atomic mass is 35.5. The summed E-state index contributed by atoms with van der Waals surface area (Å²) >= 11 is 6.65. The van der Waals surface area contributed by atoms with E-state index in [9.17, 15) is 4.79 Å². The van der Waals surface area contributed by atoms with Crippen LogP contribution < -0.4 is 10.1 Å². The Morgan fingerprint density at radius 3 is 2.74 bits per heavy atom. The van der Waals surface area contributed by atoms with Gasteiger partial charge in [-0.05, 0) is 55.9 Å². The standard InChI is InChI=1S/C35H40ClN7O3/c1-21-17-29-31(33(42(3)40-29)25-7-5-6-8-27(25)36)32-26(21)19-37-35(39-32)38-28-10-9-22(18-30(28)45-4)34(44)41(2)24-11-14-43(20-24)23-12-15-46-16-13-23/h5-10,18-19,21,23-24H,11-17,20H2,1-4H3,(H,37,38,39)/t21?,24-/m1/s1. The van der Waals surface area contributed by atoms with Gasteiger partial charge < -0.3 is 19.7 Å². The zero-order valence-electron chi connectivity index (χ0n) is 26.8. The Morgan fingerprint density at radius 1 is 1.15 bits per heavy atom. The van der Waals surface area contributed by atoms with Gasteiger partial charge in [-0.3, -0.25) is 14.4 Å². The average molecular weight is 642 g/mol. The third kappa shape index (κ3) is 5.63. The molecule has 46 heavy (non-hydrogen) atoms. The van der Waals surface area contributed by atoms with Crippen LogP contribution in [0, 0.1) is 0 Å². The minimum absolute atomic E-state index is 0.0149. The van der Waals surface area contributed by atoms with Gasteiger partial charge in [0, 0.05) is 86.0 Å². The molecule has 4 heterocycles. The number of methoxy groups -OCH3 is 1. The number of carbonyl (C=O) groups excluding carboxylic acids is 1. The molecule has 1 unspecified atom stereocenters. The molecule has 10 nitrogen and oxygen atoms in total. The molecule has 0 saturated carbocycles. The van der Waals surface area contributed by atoms with Crippen molar-refractivity contribution >= 4 is 29.1 Å². The number of benzene rings is 2. The van der Waals surface area contributed by atoms with Gasteiger partial charge in [-0.15, -0.1) is 0 Å². The SMILES string of the molecule is COc1cc(C(=O)N(C)[C@@H]2CCN(C3CCOCC3)C2)ccc1Nc1ncc2c(n1)-c1c(nn(C)c1-c1ccccc1Cl)CC2C. The van der Waals surface area contributed by atoms with Crippen molar-refractivity contribution in [3.8, 4) is 28.3 Å². The molecular formula is C35H40ClN7O3. The van der Waals surface area contributed by atoms with Crippen LogP contribution in [-0.4, -0.2) is 88.0 Å². The lowest BCUT2D eigenvalue weighted by atomic mass is 9.85. The van der Waals surface area contributed by atoms with Gasteiger partial charge in [-0.1, -0.05) is 36.7 Å². The molecule has 1 amide bonds. The Labute approximate surface area is 274 Å². The molecule has 0 radical (unpaired) electrons.